The zero-order valence-corrected chi connectivity index (χ0v) is 12.2. The average molecular weight is 294 g/mol. The minimum Gasteiger partial charge on any atom is -0.339 e. The molecule has 0 spiro atoms. The molecule has 2 heterocycles. The minimum atomic E-state index is -0.173. The van der Waals surface area contributed by atoms with Gasteiger partial charge in [0.15, 0.2) is 0 Å². The Morgan fingerprint density at radius 3 is 2.55 bits per heavy atom. The standard InChI is InChI=1S/C16H14N4O2/c1-10-9-13(15-18-11(2)22-20-15)3-4-14(10)19-16(21)12-5-7-17-8-6-12/h3-9H,1-2H3,(H,19,21). The Morgan fingerprint density at radius 2 is 1.91 bits per heavy atom. The molecular weight excluding hydrogens is 280 g/mol. The van der Waals surface area contributed by atoms with Gasteiger partial charge in [-0.1, -0.05) is 5.16 Å². The van der Waals surface area contributed by atoms with Gasteiger partial charge in [-0.25, -0.2) is 0 Å². The van der Waals surface area contributed by atoms with E-state index in [-0.39, 0.29) is 5.91 Å². The smallest absolute Gasteiger partial charge is 0.255 e. The number of rotatable bonds is 3. The van der Waals surface area contributed by atoms with Crippen LogP contribution in [-0.2, 0) is 0 Å². The summed E-state index contributed by atoms with van der Waals surface area (Å²) < 4.78 is 4.97. The van der Waals surface area contributed by atoms with Gasteiger partial charge in [-0.3, -0.25) is 9.78 Å². The number of benzene rings is 1. The third kappa shape index (κ3) is 2.85. The van der Waals surface area contributed by atoms with E-state index in [1.165, 1.54) is 0 Å². The molecule has 3 rings (SSSR count). The van der Waals surface area contributed by atoms with Crippen LogP contribution in [0.25, 0.3) is 11.4 Å². The lowest BCUT2D eigenvalue weighted by molar-refractivity contribution is 0.102. The van der Waals surface area contributed by atoms with Crippen LogP contribution in [0.1, 0.15) is 21.8 Å². The normalized spacial score (nSPS) is 10.5. The fourth-order valence-corrected chi connectivity index (χ4v) is 2.06. The second kappa shape index (κ2) is 5.77. The Labute approximate surface area is 127 Å². The van der Waals surface area contributed by atoms with Crippen molar-refractivity contribution in [2.45, 2.75) is 13.8 Å². The topological polar surface area (TPSA) is 80.9 Å². The van der Waals surface area contributed by atoms with E-state index < -0.39 is 0 Å². The first-order valence-corrected chi connectivity index (χ1v) is 6.76. The molecule has 0 radical (unpaired) electrons. The number of aromatic nitrogens is 3. The van der Waals surface area contributed by atoms with Crippen LogP contribution in [0.4, 0.5) is 5.69 Å². The van der Waals surface area contributed by atoms with Gasteiger partial charge in [0.25, 0.3) is 5.91 Å². The van der Waals surface area contributed by atoms with Crippen LogP contribution < -0.4 is 5.32 Å². The highest BCUT2D eigenvalue weighted by molar-refractivity contribution is 6.04. The van der Waals surface area contributed by atoms with Crippen molar-refractivity contribution >= 4 is 11.6 Å². The fourth-order valence-electron chi connectivity index (χ4n) is 2.06. The van der Waals surface area contributed by atoms with E-state index in [2.05, 4.69) is 20.4 Å². The van der Waals surface area contributed by atoms with Crippen molar-refractivity contribution < 1.29 is 9.32 Å². The molecule has 0 aliphatic rings. The van der Waals surface area contributed by atoms with Crippen LogP contribution in [0.2, 0.25) is 0 Å². The molecule has 22 heavy (non-hydrogen) atoms. The Balaban J connectivity index is 1.82. The second-order valence-electron chi connectivity index (χ2n) is 4.86. The van der Waals surface area contributed by atoms with E-state index in [0.29, 0.717) is 17.3 Å². The van der Waals surface area contributed by atoms with Gasteiger partial charge >= 0.3 is 0 Å². The summed E-state index contributed by atoms with van der Waals surface area (Å²) in [5, 5.41) is 6.76. The van der Waals surface area contributed by atoms with Crippen LogP contribution in [0.15, 0.2) is 47.2 Å². The number of nitrogens with one attached hydrogen (secondary N) is 1. The van der Waals surface area contributed by atoms with E-state index in [4.69, 9.17) is 4.52 Å². The molecule has 6 nitrogen and oxygen atoms in total. The lowest BCUT2D eigenvalue weighted by atomic mass is 10.1. The monoisotopic (exact) mass is 294 g/mol. The quantitative estimate of drug-likeness (QED) is 0.803. The summed E-state index contributed by atoms with van der Waals surface area (Å²) in [6.45, 7) is 3.66. The number of hydrogen-bond acceptors (Lipinski definition) is 5. The van der Waals surface area contributed by atoms with Crippen molar-refractivity contribution in [3.8, 4) is 11.4 Å². The number of hydrogen-bond donors (Lipinski definition) is 1. The van der Waals surface area contributed by atoms with Crippen LogP contribution >= 0.6 is 0 Å². The predicted octanol–water partition coefficient (Wildman–Crippen LogP) is 3.00. The van der Waals surface area contributed by atoms with E-state index in [0.717, 1.165) is 16.8 Å². The van der Waals surface area contributed by atoms with Gasteiger partial charge in [0.1, 0.15) is 0 Å². The van der Waals surface area contributed by atoms with Gasteiger partial charge in [-0.05, 0) is 42.8 Å². The molecule has 0 aliphatic carbocycles. The summed E-state index contributed by atoms with van der Waals surface area (Å²) in [4.78, 5) is 20.2. The summed E-state index contributed by atoms with van der Waals surface area (Å²) in [5.74, 6) is 0.879. The molecular formula is C16H14N4O2. The van der Waals surface area contributed by atoms with Crippen LogP contribution in [-0.4, -0.2) is 21.0 Å². The molecule has 6 heteroatoms. The molecule has 0 saturated heterocycles. The average Bonchev–Trinajstić information content (AvgIpc) is 2.96. The third-order valence-electron chi connectivity index (χ3n) is 3.20. The molecule has 0 aliphatic heterocycles. The first-order valence-electron chi connectivity index (χ1n) is 6.76. The number of pyridine rings is 1. The molecule has 0 bridgehead atoms. The zero-order valence-electron chi connectivity index (χ0n) is 12.2. The highest BCUT2D eigenvalue weighted by Crippen LogP contribution is 2.23. The van der Waals surface area contributed by atoms with Gasteiger partial charge in [0, 0.05) is 36.1 Å². The predicted molar refractivity (Wildman–Crippen MR) is 81.4 cm³/mol. The maximum atomic E-state index is 12.1. The lowest BCUT2D eigenvalue weighted by Crippen LogP contribution is -2.12. The Morgan fingerprint density at radius 1 is 1.14 bits per heavy atom. The molecule has 3 aromatic rings. The van der Waals surface area contributed by atoms with E-state index in [1.54, 1.807) is 31.5 Å². The summed E-state index contributed by atoms with van der Waals surface area (Å²) in [6, 6.07) is 8.92. The highest BCUT2D eigenvalue weighted by atomic mass is 16.5. The van der Waals surface area contributed by atoms with Crippen molar-refractivity contribution in [2.75, 3.05) is 5.32 Å². The molecule has 1 amide bonds. The molecule has 1 aromatic carbocycles. The first kappa shape index (κ1) is 13.9. The van der Waals surface area contributed by atoms with Crippen molar-refractivity contribution in [3.63, 3.8) is 0 Å². The summed E-state index contributed by atoms with van der Waals surface area (Å²) in [5.41, 5.74) is 3.07. The van der Waals surface area contributed by atoms with Crippen molar-refractivity contribution in [2.24, 2.45) is 0 Å². The SMILES string of the molecule is Cc1nc(-c2ccc(NC(=O)c3ccncc3)c(C)c2)no1. The largest absolute Gasteiger partial charge is 0.339 e. The number of anilines is 1. The number of nitrogens with zero attached hydrogens (tertiary/aromatic N) is 3. The lowest BCUT2D eigenvalue weighted by Gasteiger charge is -2.09. The van der Waals surface area contributed by atoms with Crippen molar-refractivity contribution in [1.29, 1.82) is 0 Å². The van der Waals surface area contributed by atoms with Crippen molar-refractivity contribution in [1.82, 2.24) is 15.1 Å². The summed E-state index contributed by atoms with van der Waals surface area (Å²) >= 11 is 0. The fraction of sp³-hybridized carbons (Fsp3) is 0.125. The van der Waals surface area contributed by atoms with Gasteiger partial charge in [0.2, 0.25) is 11.7 Å². The molecule has 1 N–H and O–H groups in total. The zero-order chi connectivity index (χ0) is 15.5. The van der Waals surface area contributed by atoms with Gasteiger partial charge in [0.05, 0.1) is 0 Å². The maximum Gasteiger partial charge on any atom is 0.255 e. The Kier molecular flexibility index (Phi) is 3.65. The first-order chi connectivity index (χ1) is 10.6. The summed E-state index contributed by atoms with van der Waals surface area (Å²) in [6.07, 6.45) is 3.17. The van der Waals surface area contributed by atoms with Crippen LogP contribution in [0, 0.1) is 13.8 Å². The number of carbonyl (C=O) groups excluding carboxylic acids is 1. The maximum absolute atomic E-state index is 12.1. The van der Waals surface area contributed by atoms with Crippen LogP contribution in [0.3, 0.4) is 0 Å². The molecule has 0 fully saturated rings. The van der Waals surface area contributed by atoms with Crippen LogP contribution in [0.5, 0.6) is 0 Å². The molecule has 0 atom stereocenters. The van der Waals surface area contributed by atoms with Gasteiger partial charge in [-0.15, -0.1) is 0 Å². The molecule has 110 valence electrons. The van der Waals surface area contributed by atoms with E-state index >= 15 is 0 Å². The Hall–Kier alpha value is -3.02. The van der Waals surface area contributed by atoms with Crippen molar-refractivity contribution in [3.05, 3.63) is 59.7 Å². The molecule has 0 unspecified atom stereocenters. The number of amides is 1. The Bertz CT molecular complexity index is 812. The second-order valence-corrected chi connectivity index (χ2v) is 4.86. The summed E-state index contributed by atoms with van der Waals surface area (Å²) in [7, 11) is 0. The van der Waals surface area contributed by atoms with E-state index in [9.17, 15) is 4.79 Å². The third-order valence-corrected chi connectivity index (χ3v) is 3.20. The number of aryl methyl sites for hydroxylation is 2. The minimum absolute atomic E-state index is 0.173. The van der Waals surface area contributed by atoms with Gasteiger partial charge < -0.3 is 9.84 Å². The van der Waals surface area contributed by atoms with E-state index in [1.807, 2.05) is 25.1 Å². The number of carbonyl (C=O) groups is 1. The van der Waals surface area contributed by atoms with Gasteiger partial charge in [-0.2, -0.15) is 4.98 Å². The molecule has 0 saturated carbocycles. The highest BCUT2D eigenvalue weighted by Gasteiger charge is 2.10. The molecule has 2 aromatic heterocycles.